The van der Waals surface area contributed by atoms with E-state index in [0.29, 0.717) is 12.0 Å². The van der Waals surface area contributed by atoms with Gasteiger partial charge in [-0.1, -0.05) is 45.7 Å². The van der Waals surface area contributed by atoms with E-state index in [0.717, 1.165) is 30.6 Å². The van der Waals surface area contributed by atoms with E-state index in [1.54, 1.807) is 0 Å². The molecule has 2 N–H and O–H groups in total. The molecule has 0 bridgehead atoms. The highest BCUT2D eigenvalue weighted by Gasteiger charge is 2.38. The van der Waals surface area contributed by atoms with Crippen molar-refractivity contribution in [2.45, 2.75) is 58.9 Å². The average Bonchev–Trinajstić information content (AvgIpc) is 2.69. The van der Waals surface area contributed by atoms with Crippen LogP contribution in [0.4, 0.5) is 5.69 Å². The molecule has 0 aromatic heterocycles. The van der Waals surface area contributed by atoms with Gasteiger partial charge >= 0.3 is 0 Å². The lowest BCUT2D eigenvalue weighted by molar-refractivity contribution is -0.119. The second kappa shape index (κ2) is 6.18. The van der Waals surface area contributed by atoms with E-state index in [9.17, 15) is 4.79 Å². The van der Waals surface area contributed by atoms with Crippen molar-refractivity contribution in [3.05, 3.63) is 29.3 Å². The average molecular weight is 288 g/mol. The Morgan fingerprint density at radius 3 is 2.43 bits per heavy atom. The van der Waals surface area contributed by atoms with Crippen molar-refractivity contribution in [3.63, 3.8) is 0 Å². The van der Waals surface area contributed by atoms with Gasteiger partial charge in [0.25, 0.3) is 0 Å². The van der Waals surface area contributed by atoms with Gasteiger partial charge in [-0.05, 0) is 43.5 Å². The van der Waals surface area contributed by atoms with Crippen LogP contribution in [0.5, 0.6) is 0 Å². The standard InChI is InChI=1S/C18H28N2O/c1-6-12(7-2)16(19-8-3)13-9-10-15-14(11-13)18(4,5)17(21)20-15/h9-12,16,19H,6-8H2,1-5H3,(H,20,21). The van der Waals surface area contributed by atoms with Crippen LogP contribution >= 0.6 is 0 Å². The van der Waals surface area contributed by atoms with Crippen LogP contribution < -0.4 is 10.6 Å². The highest BCUT2D eigenvalue weighted by Crippen LogP contribution is 2.39. The summed E-state index contributed by atoms with van der Waals surface area (Å²) in [4.78, 5) is 12.1. The fraction of sp³-hybridized carbons (Fsp3) is 0.611. The minimum Gasteiger partial charge on any atom is -0.325 e. The van der Waals surface area contributed by atoms with Gasteiger partial charge in [-0.15, -0.1) is 0 Å². The molecular formula is C18H28N2O. The highest BCUT2D eigenvalue weighted by atomic mass is 16.2. The third-order valence-corrected chi connectivity index (χ3v) is 4.84. The summed E-state index contributed by atoms with van der Waals surface area (Å²) in [5.74, 6) is 0.716. The third kappa shape index (κ3) is 2.84. The van der Waals surface area contributed by atoms with Gasteiger partial charge in [0.15, 0.2) is 0 Å². The highest BCUT2D eigenvalue weighted by molar-refractivity contribution is 6.05. The van der Waals surface area contributed by atoms with Crippen molar-refractivity contribution >= 4 is 11.6 Å². The summed E-state index contributed by atoms with van der Waals surface area (Å²) in [7, 11) is 0. The fourth-order valence-electron chi connectivity index (χ4n) is 3.32. The van der Waals surface area contributed by atoms with Crippen LogP contribution in [0.1, 0.15) is 64.6 Å². The first-order valence-electron chi connectivity index (χ1n) is 8.14. The summed E-state index contributed by atoms with van der Waals surface area (Å²) in [5, 5.41) is 6.61. The van der Waals surface area contributed by atoms with E-state index in [-0.39, 0.29) is 5.91 Å². The summed E-state index contributed by atoms with van der Waals surface area (Å²) < 4.78 is 0. The van der Waals surface area contributed by atoms with Crippen molar-refractivity contribution in [2.24, 2.45) is 5.92 Å². The van der Waals surface area contributed by atoms with Crippen LogP contribution in [0.25, 0.3) is 0 Å². The number of carbonyl (C=O) groups excluding carboxylic acids is 1. The Morgan fingerprint density at radius 1 is 1.19 bits per heavy atom. The zero-order chi connectivity index (χ0) is 15.6. The van der Waals surface area contributed by atoms with Crippen LogP contribution in [-0.4, -0.2) is 12.5 Å². The Hall–Kier alpha value is -1.35. The molecule has 0 spiro atoms. The number of amides is 1. The Bertz CT molecular complexity index is 518. The molecule has 0 saturated heterocycles. The first kappa shape index (κ1) is 16.0. The lowest BCUT2D eigenvalue weighted by atomic mass is 9.82. The van der Waals surface area contributed by atoms with Gasteiger partial charge in [0.05, 0.1) is 5.41 Å². The van der Waals surface area contributed by atoms with Gasteiger partial charge in [-0.3, -0.25) is 4.79 Å². The topological polar surface area (TPSA) is 41.1 Å². The van der Waals surface area contributed by atoms with E-state index in [1.165, 1.54) is 5.56 Å². The third-order valence-electron chi connectivity index (χ3n) is 4.84. The van der Waals surface area contributed by atoms with E-state index in [2.05, 4.69) is 49.6 Å². The molecule has 0 aliphatic carbocycles. The molecule has 0 fully saturated rings. The van der Waals surface area contributed by atoms with Crippen molar-refractivity contribution < 1.29 is 4.79 Å². The van der Waals surface area contributed by atoms with Crippen LogP contribution in [0.15, 0.2) is 18.2 Å². The van der Waals surface area contributed by atoms with Crippen LogP contribution in [0, 0.1) is 5.92 Å². The quantitative estimate of drug-likeness (QED) is 0.830. The Balaban J connectivity index is 2.40. The number of hydrogen-bond acceptors (Lipinski definition) is 2. The van der Waals surface area contributed by atoms with Gasteiger partial charge in [0, 0.05) is 11.7 Å². The molecule has 1 aromatic rings. The molecule has 21 heavy (non-hydrogen) atoms. The van der Waals surface area contributed by atoms with Crippen molar-refractivity contribution in [1.82, 2.24) is 5.32 Å². The maximum Gasteiger partial charge on any atom is 0.234 e. The van der Waals surface area contributed by atoms with Gasteiger partial charge in [-0.2, -0.15) is 0 Å². The maximum absolute atomic E-state index is 12.1. The molecule has 0 radical (unpaired) electrons. The molecule has 3 nitrogen and oxygen atoms in total. The maximum atomic E-state index is 12.1. The number of fused-ring (bicyclic) bond motifs is 1. The first-order valence-corrected chi connectivity index (χ1v) is 8.14. The Kier molecular flexibility index (Phi) is 4.72. The van der Waals surface area contributed by atoms with Gasteiger partial charge in [0.2, 0.25) is 5.91 Å². The summed E-state index contributed by atoms with van der Waals surface area (Å²) in [5.41, 5.74) is 2.96. The number of nitrogens with one attached hydrogen (secondary N) is 2. The SMILES string of the molecule is CCNC(c1ccc2c(c1)C(C)(C)C(=O)N2)C(CC)CC. The second-order valence-electron chi connectivity index (χ2n) is 6.50. The zero-order valence-corrected chi connectivity index (χ0v) is 13.9. The molecule has 3 heteroatoms. The van der Waals surface area contributed by atoms with Gasteiger partial charge in [-0.25, -0.2) is 0 Å². The fourth-order valence-corrected chi connectivity index (χ4v) is 3.32. The van der Waals surface area contributed by atoms with E-state index >= 15 is 0 Å². The largest absolute Gasteiger partial charge is 0.325 e. The number of rotatable bonds is 6. The van der Waals surface area contributed by atoms with Crippen LogP contribution in [0.3, 0.4) is 0 Å². The van der Waals surface area contributed by atoms with Gasteiger partial charge in [0.1, 0.15) is 0 Å². The first-order chi connectivity index (χ1) is 9.95. The summed E-state index contributed by atoms with van der Waals surface area (Å²) >= 11 is 0. The minimum atomic E-state index is -0.434. The molecule has 1 aliphatic rings. The minimum absolute atomic E-state index is 0.0946. The molecule has 2 rings (SSSR count). The lowest BCUT2D eigenvalue weighted by Crippen LogP contribution is -2.29. The monoisotopic (exact) mass is 288 g/mol. The molecule has 1 amide bonds. The molecule has 1 aliphatic heterocycles. The smallest absolute Gasteiger partial charge is 0.234 e. The summed E-state index contributed by atoms with van der Waals surface area (Å²) in [6.07, 6.45) is 2.32. The number of carbonyl (C=O) groups is 1. The van der Waals surface area contributed by atoms with Crippen molar-refractivity contribution in [2.75, 3.05) is 11.9 Å². The van der Waals surface area contributed by atoms with Crippen molar-refractivity contribution in [3.8, 4) is 0 Å². The number of anilines is 1. The molecule has 1 aromatic carbocycles. The molecule has 0 saturated carbocycles. The zero-order valence-electron chi connectivity index (χ0n) is 13.9. The van der Waals surface area contributed by atoms with Crippen molar-refractivity contribution in [1.29, 1.82) is 0 Å². The Labute approximate surface area is 128 Å². The predicted molar refractivity (Wildman–Crippen MR) is 88.6 cm³/mol. The lowest BCUT2D eigenvalue weighted by Gasteiger charge is -2.28. The summed E-state index contributed by atoms with van der Waals surface area (Å²) in [6, 6.07) is 6.80. The molecule has 1 unspecified atom stereocenters. The van der Waals surface area contributed by atoms with Crippen LogP contribution in [-0.2, 0) is 10.2 Å². The molecule has 1 heterocycles. The Morgan fingerprint density at radius 2 is 1.86 bits per heavy atom. The van der Waals surface area contributed by atoms with E-state index < -0.39 is 5.41 Å². The second-order valence-corrected chi connectivity index (χ2v) is 6.50. The molecule has 1 atom stereocenters. The van der Waals surface area contributed by atoms with E-state index in [4.69, 9.17) is 0 Å². The van der Waals surface area contributed by atoms with Gasteiger partial charge < -0.3 is 10.6 Å². The number of hydrogen-bond donors (Lipinski definition) is 2. The number of benzene rings is 1. The summed E-state index contributed by atoms with van der Waals surface area (Å²) in [6.45, 7) is 11.6. The molecule has 116 valence electrons. The van der Waals surface area contributed by atoms with E-state index in [1.807, 2.05) is 13.8 Å². The normalized spacial score (nSPS) is 17.7. The predicted octanol–water partition coefficient (Wildman–Crippen LogP) is 4.00. The van der Waals surface area contributed by atoms with Crippen LogP contribution in [0.2, 0.25) is 0 Å². The molecular weight excluding hydrogens is 260 g/mol.